The molecule has 3 rings (SSSR count). The lowest BCUT2D eigenvalue weighted by Gasteiger charge is -2.39. The summed E-state index contributed by atoms with van der Waals surface area (Å²) in [6.07, 6.45) is 4.80. The Labute approximate surface area is 129 Å². The first-order chi connectivity index (χ1) is 9.78. The molecule has 0 aromatic carbocycles. The van der Waals surface area contributed by atoms with E-state index in [1.165, 1.54) is 42.8 Å². The van der Waals surface area contributed by atoms with Gasteiger partial charge < -0.3 is 15.2 Å². The molecule has 1 aromatic heterocycles. The van der Waals surface area contributed by atoms with Gasteiger partial charge in [0.15, 0.2) is 0 Å². The van der Waals surface area contributed by atoms with Crippen LogP contribution in [0.25, 0.3) is 0 Å². The zero-order valence-corrected chi connectivity index (χ0v) is 14.3. The number of likely N-dealkylation sites (tertiary alicyclic amines) is 1. The third-order valence-corrected chi connectivity index (χ3v) is 5.73. The van der Waals surface area contributed by atoms with E-state index < -0.39 is 0 Å². The van der Waals surface area contributed by atoms with Crippen LogP contribution in [-0.4, -0.2) is 29.1 Å². The molecular weight excluding hydrogens is 258 g/mol. The number of nitrogens with two attached hydrogens (primary N) is 1. The van der Waals surface area contributed by atoms with Gasteiger partial charge in [-0.2, -0.15) is 0 Å². The van der Waals surface area contributed by atoms with E-state index in [9.17, 15) is 0 Å². The van der Waals surface area contributed by atoms with Crippen molar-refractivity contribution in [3.63, 3.8) is 0 Å². The zero-order chi connectivity index (χ0) is 15.4. The number of hydrogen-bond donors (Lipinski definition) is 1. The predicted molar refractivity (Wildman–Crippen MR) is 88.6 cm³/mol. The highest BCUT2D eigenvalue weighted by Crippen LogP contribution is 2.43. The van der Waals surface area contributed by atoms with Crippen LogP contribution in [-0.2, 0) is 6.42 Å². The van der Waals surface area contributed by atoms with Crippen molar-refractivity contribution in [2.24, 2.45) is 11.1 Å². The van der Waals surface area contributed by atoms with Gasteiger partial charge in [0.25, 0.3) is 0 Å². The van der Waals surface area contributed by atoms with Gasteiger partial charge in [0, 0.05) is 36.1 Å². The average Bonchev–Trinajstić information content (AvgIpc) is 2.68. The quantitative estimate of drug-likeness (QED) is 0.859. The second-order valence-electron chi connectivity index (χ2n) is 8.22. The molecule has 1 fully saturated rings. The maximum atomic E-state index is 6.46. The third-order valence-electron chi connectivity index (χ3n) is 5.73. The number of aromatic nitrogens is 1. The van der Waals surface area contributed by atoms with Crippen LogP contribution in [0.3, 0.4) is 0 Å². The Hall–Kier alpha value is -0.800. The molecule has 0 saturated carbocycles. The lowest BCUT2D eigenvalue weighted by atomic mass is 9.74. The van der Waals surface area contributed by atoms with Crippen LogP contribution in [0.2, 0.25) is 0 Å². The molecule has 2 aliphatic rings. The summed E-state index contributed by atoms with van der Waals surface area (Å²) in [7, 11) is 2.25. The maximum Gasteiger partial charge on any atom is 0.0362 e. The first kappa shape index (κ1) is 15.1. The molecule has 3 atom stereocenters. The summed E-state index contributed by atoms with van der Waals surface area (Å²) in [5, 5.41) is 0. The number of piperidine rings is 1. The molecule has 2 heterocycles. The summed E-state index contributed by atoms with van der Waals surface area (Å²) in [5.41, 5.74) is 11.1. The molecule has 0 amide bonds. The number of aryl methyl sites for hydroxylation is 1. The maximum absolute atomic E-state index is 6.46. The minimum Gasteiger partial charge on any atom is -0.345 e. The van der Waals surface area contributed by atoms with E-state index in [-0.39, 0.29) is 6.04 Å². The molecule has 1 aliphatic heterocycles. The Morgan fingerprint density at radius 3 is 2.71 bits per heavy atom. The highest BCUT2D eigenvalue weighted by Gasteiger charge is 2.35. The summed E-state index contributed by atoms with van der Waals surface area (Å²) in [6, 6.07) is 3.90. The normalized spacial score (nSPS) is 33.0. The fourth-order valence-electron chi connectivity index (χ4n) is 4.48. The monoisotopic (exact) mass is 289 g/mol. The lowest BCUT2D eigenvalue weighted by Crippen LogP contribution is -2.39. The van der Waals surface area contributed by atoms with Gasteiger partial charge in [0.1, 0.15) is 0 Å². The molecule has 0 bridgehead atoms. The lowest BCUT2D eigenvalue weighted by molar-refractivity contribution is 0.152. The van der Waals surface area contributed by atoms with E-state index in [4.69, 9.17) is 5.73 Å². The highest BCUT2D eigenvalue weighted by atomic mass is 15.2. The van der Waals surface area contributed by atoms with E-state index in [2.05, 4.69) is 50.3 Å². The van der Waals surface area contributed by atoms with E-state index >= 15 is 0 Å². The topological polar surface area (TPSA) is 34.2 Å². The van der Waals surface area contributed by atoms with Crippen LogP contribution in [0.1, 0.15) is 69.1 Å². The fraction of sp³-hybridized carbons (Fsp3) is 0.778. The summed E-state index contributed by atoms with van der Waals surface area (Å²) in [4.78, 5) is 2.48. The van der Waals surface area contributed by atoms with Crippen LogP contribution in [0, 0.1) is 12.3 Å². The van der Waals surface area contributed by atoms with Crippen molar-refractivity contribution < 1.29 is 0 Å². The van der Waals surface area contributed by atoms with Crippen molar-refractivity contribution in [2.45, 2.75) is 71.5 Å². The Kier molecular flexibility index (Phi) is 3.69. The molecule has 3 unspecified atom stereocenters. The summed E-state index contributed by atoms with van der Waals surface area (Å²) in [6.45, 7) is 10.5. The second-order valence-corrected chi connectivity index (χ2v) is 8.22. The Balaban J connectivity index is 1.97. The van der Waals surface area contributed by atoms with Crippen molar-refractivity contribution >= 4 is 0 Å². The summed E-state index contributed by atoms with van der Waals surface area (Å²) >= 11 is 0. The molecule has 1 aliphatic carbocycles. The van der Waals surface area contributed by atoms with Crippen molar-refractivity contribution in [1.29, 1.82) is 0 Å². The van der Waals surface area contributed by atoms with E-state index in [0.29, 0.717) is 17.5 Å². The van der Waals surface area contributed by atoms with Gasteiger partial charge in [-0.1, -0.05) is 13.8 Å². The van der Waals surface area contributed by atoms with Gasteiger partial charge in [-0.15, -0.1) is 0 Å². The molecule has 118 valence electrons. The van der Waals surface area contributed by atoms with Crippen molar-refractivity contribution in [1.82, 2.24) is 9.47 Å². The molecule has 0 spiro atoms. The molecular formula is C18H31N3. The first-order valence-electron chi connectivity index (χ1n) is 8.45. The molecule has 1 saturated heterocycles. The van der Waals surface area contributed by atoms with E-state index in [0.717, 1.165) is 6.42 Å². The number of rotatable bonds is 1. The van der Waals surface area contributed by atoms with Gasteiger partial charge in [0.2, 0.25) is 0 Å². The van der Waals surface area contributed by atoms with Crippen molar-refractivity contribution in [3.05, 3.63) is 23.0 Å². The second kappa shape index (κ2) is 5.13. The van der Waals surface area contributed by atoms with Crippen LogP contribution >= 0.6 is 0 Å². The summed E-state index contributed by atoms with van der Waals surface area (Å²) < 4.78 is 2.64. The van der Waals surface area contributed by atoms with Gasteiger partial charge in [0.05, 0.1) is 0 Å². The molecule has 1 aromatic rings. The molecule has 3 nitrogen and oxygen atoms in total. The third kappa shape index (κ3) is 2.66. The Bertz CT molecular complexity index is 529. The van der Waals surface area contributed by atoms with Gasteiger partial charge in [-0.25, -0.2) is 0 Å². The van der Waals surface area contributed by atoms with Gasteiger partial charge >= 0.3 is 0 Å². The standard InChI is InChI=1S/C18H31N3/c1-12-8-14(6-7-20(12)5)21-13(2)9-15-16(19)10-18(3,4)11-17(15)21/h9,12,14,16H,6-8,10-11,19H2,1-5H3. The number of hydrogen-bond acceptors (Lipinski definition) is 2. The summed E-state index contributed by atoms with van der Waals surface area (Å²) in [5.74, 6) is 0. The van der Waals surface area contributed by atoms with Crippen LogP contribution < -0.4 is 5.73 Å². The number of fused-ring (bicyclic) bond motifs is 1. The van der Waals surface area contributed by atoms with E-state index in [1.807, 2.05) is 0 Å². The van der Waals surface area contributed by atoms with Crippen molar-refractivity contribution in [3.8, 4) is 0 Å². The zero-order valence-electron chi connectivity index (χ0n) is 14.3. The van der Waals surface area contributed by atoms with Gasteiger partial charge in [-0.3, -0.25) is 0 Å². The predicted octanol–water partition coefficient (Wildman–Crippen LogP) is 3.42. The molecule has 2 N–H and O–H groups in total. The minimum absolute atomic E-state index is 0.215. The average molecular weight is 289 g/mol. The van der Waals surface area contributed by atoms with Crippen LogP contribution in [0.4, 0.5) is 0 Å². The smallest absolute Gasteiger partial charge is 0.0362 e. The molecule has 21 heavy (non-hydrogen) atoms. The SMILES string of the molecule is Cc1cc2c(n1C1CCN(C)C(C)C1)CC(C)(C)CC2N. The first-order valence-corrected chi connectivity index (χ1v) is 8.45. The van der Waals surface area contributed by atoms with Gasteiger partial charge in [-0.05, 0) is 63.6 Å². The number of nitrogens with zero attached hydrogens (tertiary/aromatic N) is 2. The molecule has 3 heteroatoms. The highest BCUT2D eigenvalue weighted by molar-refractivity contribution is 5.34. The van der Waals surface area contributed by atoms with E-state index in [1.54, 1.807) is 0 Å². The largest absolute Gasteiger partial charge is 0.345 e. The minimum atomic E-state index is 0.215. The van der Waals surface area contributed by atoms with Crippen LogP contribution in [0.15, 0.2) is 6.07 Å². The van der Waals surface area contributed by atoms with Crippen molar-refractivity contribution in [2.75, 3.05) is 13.6 Å². The molecule has 0 radical (unpaired) electrons. The Morgan fingerprint density at radius 2 is 2.05 bits per heavy atom. The van der Waals surface area contributed by atoms with Crippen LogP contribution in [0.5, 0.6) is 0 Å². The fourth-order valence-corrected chi connectivity index (χ4v) is 4.48. The Morgan fingerprint density at radius 1 is 1.33 bits per heavy atom.